The molecule has 1 atom stereocenters. The molecule has 146 valence electrons. The molecule has 2 aromatic rings. The lowest BCUT2D eigenvalue weighted by Crippen LogP contribution is -2.42. The molecular weight excluding hydrogens is 354 g/mol. The van der Waals surface area contributed by atoms with Gasteiger partial charge in [-0.3, -0.25) is 9.59 Å². The Hall–Kier alpha value is -3.15. The van der Waals surface area contributed by atoms with Crippen molar-refractivity contribution in [3.8, 4) is 11.1 Å². The predicted molar refractivity (Wildman–Crippen MR) is 109 cm³/mol. The average Bonchev–Trinajstić information content (AvgIpc) is 3.09. The second-order valence-electron chi connectivity index (χ2n) is 6.96. The molecule has 0 aliphatic carbocycles. The fourth-order valence-electron chi connectivity index (χ4n) is 3.50. The number of carbonyl (C=O) groups is 2. The first-order chi connectivity index (χ1) is 13.5. The minimum atomic E-state index is -0.138. The summed E-state index contributed by atoms with van der Waals surface area (Å²) in [5, 5.41) is 6.80. The molecule has 1 heterocycles. The van der Waals surface area contributed by atoms with Gasteiger partial charge in [0, 0.05) is 25.5 Å². The Balaban J connectivity index is 1.80. The summed E-state index contributed by atoms with van der Waals surface area (Å²) < 4.78 is 0. The summed E-state index contributed by atoms with van der Waals surface area (Å²) >= 11 is 0. The summed E-state index contributed by atoms with van der Waals surface area (Å²) in [5.41, 5.74) is 4.83. The van der Waals surface area contributed by atoms with Crippen LogP contribution < -0.4 is 5.32 Å². The highest BCUT2D eigenvalue weighted by molar-refractivity contribution is 6.00. The van der Waals surface area contributed by atoms with Crippen molar-refractivity contribution >= 4 is 17.5 Å². The SMILES string of the molecule is CO/N=C1/C[C@@H](CNC(C)=O)N(C(=O)c2ccc(-c3ccccc3C)cc2)C1. The number of nitrogens with zero attached hydrogens (tertiary/aromatic N) is 2. The Labute approximate surface area is 165 Å². The number of likely N-dealkylation sites (tertiary alicyclic amines) is 1. The van der Waals surface area contributed by atoms with E-state index in [4.69, 9.17) is 4.84 Å². The van der Waals surface area contributed by atoms with Crippen LogP contribution in [0.1, 0.15) is 29.3 Å². The molecule has 6 heteroatoms. The van der Waals surface area contributed by atoms with Crippen molar-refractivity contribution in [1.82, 2.24) is 10.2 Å². The first-order valence-corrected chi connectivity index (χ1v) is 9.30. The van der Waals surface area contributed by atoms with Crippen LogP contribution >= 0.6 is 0 Å². The summed E-state index contributed by atoms with van der Waals surface area (Å²) in [5.74, 6) is -0.194. The van der Waals surface area contributed by atoms with Crippen LogP contribution in [0, 0.1) is 6.92 Å². The number of hydrogen-bond donors (Lipinski definition) is 1. The molecule has 1 N–H and O–H groups in total. The Bertz CT molecular complexity index is 890. The van der Waals surface area contributed by atoms with Gasteiger partial charge in [0.25, 0.3) is 5.91 Å². The third-order valence-corrected chi connectivity index (χ3v) is 4.92. The van der Waals surface area contributed by atoms with Gasteiger partial charge in [0.2, 0.25) is 5.91 Å². The molecule has 3 rings (SSSR count). The number of aryl methyl sites for hydroxylation is 1. The highest BCUT2D eigenvalue weighted by Gasteiger charge is 2.33. The van der Waals surface area contributed by atoms with E-state index in [1.54, 1.807) is 4.90 Å². The fourth-order valence-corrected chi connectivity index (χ4v) is 3.50. The lowest BCUT2D eigenvalue weighted by Gasteiger charge is -2.24. The van der Waals surface area contributed by atoms with Gasteiger partial charge >= 0.3 is 0 Å². The van der Waals surface area contributed by atoms with Crippen LogP contribution in [0.4, 0.5) is 0 Å². The Morgan fingerprint density at radius 2 is 1.89 bits per heavy atom. The minimum absolute atomic E-state index is 0.0759. The van der Waals surface area contributed by atoms with Crippen LogP contribution in [0.25, 0.3) is 11.1 Å². The van der Waals surface area contributed by atoms with Crippen molar-refractivity contribution in [3.63, 3.8) is 0 Å². The van der Waals surface area contributed by atoms with Crippen LogP contribution in [0.2, 0.25) is 0 Å². The van der Waals surface area contributed by atoms with E-state index in [0.29, 0.717) is 25.1 Å². The van der Waals surface area contributed by atoms with Crippen LogP contribution in [-0.4, -0.2) is 48.7 Å². The van der Waals surface area contributed by atoms with Crippen molar-refractivity contribution < 1.29 is 14.4 Å². The van der Waals surface area contributed by atoms with Gasteiger partial charge in [-0.15, -0.1) is 0 Å². The predicted octanol–water partition coefficient (Wildman–Crippen LogP) is 3.02. The van der Waals surface area contributed by atoms with Gasteiger partial charge in [0.1, 0.15) is 7.11 Å². The average molecular weight is 379 g/mol. The zero-order valence-corrected chi connectivity index (χ0v) is 16.4. The molecule has 1 fully saturated rings. The van der Waals surface area contributed by atoms with Gasteiger partial charge in [0.05, 0.1) is 18.3 Å². The first-order valence-electron chi connectivity index (χ1n) is 9.30. The summed E-state index contributed by atoms with van der Waals surface area (Å²) in [6.45, 7) is 4.33. The number of rotatable bonds is 5. The molecule has 2 amide bonds. The van der Waals surface area contributed by atoms with Crippen molar-refractivity contribution in [3.05, 3.63) is 59.7 Å². The zero-order chi connectivity index (χ0) is 20.1. The van der Waals surface area contributed by atoms with Crippen molar-refractivity contribution in [2.75, 3.05) is 20.2 Å². The number of oxime groups is 1. The van der Waals surface area contributed by atoms with Crippen molar-refractivity contribution in [2.45, 2.75) is 26.3 Å². The molecule has 0 saturated carbocycles. The van der Waals surface area contributed by atoms with Crippen molar-refractivity contribution in [1.29, 1.82) is 0 Å². The topological polar surface area (TPSA) is 71.0 Å². The smallest absolute Gasteiger partial charge is 0.254 e. The normalized spacial score (nSPS) is 17.6. The maximum atomic E-state index is 13.1. The second-order valence-corrected chi connectivity index (χ2v) is 6.96. The number of carbonyl (C=O) groups excluding carboxylic acids is 2. The standard InChI is InChI=1S/C22H25N3O3/c1-15-6-4-5-7-21(15)17-8-10-18(11-9-17)22(27)25-14-19(24-28-3)12-20(25)13-23-16(2)26/h4-11,20H,12-14H2,1-3H3,(H,23,26)/b24-19-/t20-/m0/s1. The van der Waals surface area contributed by atoms with E-state index in [1.807, 2.05) is 36.4 Å². The van der Waals surface area contributed by atoms with Crippen LogP contribution in [0.5, 0.6) is 0 Å². The summed E-state index contributed by atoms with van der Waals surface area (Å²) in [6.07, 6.45) is 0.584. The maximum Gasteiger partial charge on any atom is 0.254 e. The van der Waals surface area contributed by atoms with E-state index in [9.17, 15) is 9.59 Å². The molecule has 2 aromatic carbocycles. The lowest BCUT2D eigenvalue weighted by atomic mass is 9.99. The van der Waals surface area contributed by atoms with Crippen LogP contribution in [0.15, 0.2) is 53.7 Å². The Kier molecular flexibility index (Phi) is 6.09. The zero-order valence-electron chi connectivity index (χ0n) is 16.4. The van der Waals surface area contributed by atoms with Gasteiger partial charge in [0.15, 0.2) is 0 Å². The van der Waals surface area contributed by atoms with E-state index in [0.717, 1.165) is 16.8 Å². The van der Waals surface area contributed by atoms with Crippen LogP contribution in [-0.2, 0) is 9.63 Å². The molecule has 28 heavy (non-hydrogen) atoms. The highest BCUT2D eigenvalue weighted by atomic mass is 16.6. The maximum absolute atomic E-state index is 13.1. The third-order valence-electron chi connectivity index (χ3n) is 4.92. The molecule has 0 radical (unpaired) electrons. The van der Waals surface area contributed by atoms with Gasteiger partial charge in [-0.05, 0) is 35.7 Å². The van der Waals surface area contributed by atoms with E-state index in [1.165, 1.54) is 19.6 Å². The van der Waals surface area contributed by atoms with E-state index in [-0.39, 0.29) is 17.9 Å². The van der Waals surface area contributed by atoms with Crippen LogP contribution in [0.3, 0.4) is 0 Å². The third kappa shape index (κ3) is 4.39. The quantitative estimate of drug-likeness (QED) is 0.812. The molecule has 0 bridgehead atoms. The molecule has 0 spiro atoms. The van der Waals surface area contributed by atoms with Gasteiger partial charge in [-0.1, -0.05) is 41.6 Å². The fraction of sp³-hybridized carbons (Fsp3) is 0.318. The Morgan fingerprint density at radius 3 is 2.54 bits per heavy atom. The minimum Gasteiger partial charge on any atom is -0.399 e. The van der Waals surface area contributed by atoms with Gasteiger partial charge < -0.3 is 15.1 Å². The van der Waals surface area contributed by atoms with E-state index in [2.05, 4.69) is 29.5 Å². The molecular formula is C22H25N3O3. The number of benzene rings is 2. The first kappa shape index (κ1) is 19.6. The Morgan fingerprint density at radius 1 is 1.18 bits per heavy atom. The summed E-state index contributed by atoms with van der Waals surface area (Å²) in [4.78, 5) is 31.0. The van der Waals surface area contributed by atoms with E-state index >= 15 is 0 Å². The lowest BCUT2D eigenvalue weighted by molar-refractivity contribution is -0.119. The summed E-state index contributed by atoms with van der Waals surface area (Å²) in [7, 11) is 1.49. The second kappa shape index (κ2) is 8.69. The number of nitrogens with one attached hydrogen (secondary N) is 1. The van der Waals surface area contributed by atoms with E-state index < -0.39 is 0 Å². The van der Waals surface area contributed by atoms with Gasteiger partial charge in [-0.2, -0.15) is 0 Å². The molecule has 1 aliphatic rings. The van der Waals surface area contributed by atoms with Crippen molar-refractivity contribution in [2.24, 2.45) is 5.16 Å². The largest absolute Gasteiger partial charge is 0.399 e. The monoisotopic (exact) mass is 379 g/mol. The van der Waals surface area contributed by atoms with Gasteiger partial charge in [-0.25, -0.2) is 0 Å². The molecule has 1 aliphatic heterocycles. The number of hydrogen-bond acceptors (Lipinski definition) is 4. The highest BCUT2D eigenvalue weighted by Crippen LogP contribution is 2.25. The summed E-state index contributed by atoms with van der Waals surface area (Å²) in [6, 6.07) is 15.7. The molecule has 6 nitrogen and oxygen atoms in total. The molecule has 0 unspecified atom stereocenters. The number of amides is 2. The molecule has 1 saturated heterocycles. The molecule has 0 aromatic heterocycles.